The van der Waals surface area contributed by atoms with Crippen molar-refractivity contribution >= 4 is 17.0 Å². The third-order valence-electron chi connectivity index (χ3n) is 7.71. The molecule has 1 aliphatic carbocycles. The van der Waals surface area contributed by atoms with Crippen LogP contribution < -0.4 is 0 Å². The Labute approximate surface area is 169 Å². The summed E-state index contributed by atoms with van der Waals surface area (Å²) in [5, 5.41) is 0. The molecule has 154 valence electrons. The van der Waals surface area contributed by atoms with Crippen LogP contribution in [0.2, 0.25) is 0 Å². The van der Waals surface area contributed by atoms with Gasteiger partial charge in [0.25, 0.3) is 0 Å². The first-order valence-corrected chi connectivity index (χ1v) is 10.7. The smallest absolute Gasteiger partial charge is 0.313 e. The molecule has 7 atom stereocenters. The summed E-state index contributed by atoms with van der Waals surface area (Å²) in [6.45, 7) is 4.65. The SMILES string of the molecule is C[C@@H]1CC[C@H]2[C@@H](Cn3cnc4ccccc43)C(=O)O[C@@H]3O[C@]4(C)CC[C@@H]1[C@]32OO4. The summed E-state index contributed by atoms with van der Waals surface area (Å²) in [5.74, 6) is -0.701. The zero-order valence-electron chi connectivity index (χ0n) is 16.7. The normalized spacial score (nSPS) is 43.7. The molecule has 5 heterocycles. The summed E-state index contributed by atoms with van der Waals surface area (Å²) in [6, 6.07) is 7.98. The molecule has 2 aromatic rings. The van der Waals surface area contributed by atoms with Gasteiger partial charge in [0.1, 0.15) is 0 Å². The number of para-hydroxylation sites is 2. The van der Waals surface area contributed by atoms with Gasteiger partial charge in [-0.25, -0.2) is 14.8 Å². The van der Waals surface area contributed by atoms with Crippen molar-refractivity contribution in [3.63, 3.8) is 0 Å². The molecule has 7 heteroatoms. The van der Waals surface area contributed by atoms with Crippen LogP contribution in [0.3, 0.4) is 0 Å². The van der Waals surface area contributed by atoms with Crippen molar-refractivity contribution in [1.82, 2.24) is 9.55 Å². The molecule has 2 bridgehead atoms. The number of hydrogen-bond acceptors (Lipinski definition) is 6. The van der Waals surface area contributed by atoms with Gasteiger partial charge in [-0.2, -0.15) is 0 Å². The lowest BCUT2D eigenvalue weighted by molar-refractivity contribution is -0.559. The van der Waals surface area contributed by atoms with E-state index < -0.39 is 17.7 Å². The minimum atomic E-state index is -0.856. The van der Waals surface area contributed by atoms with Crippen LogP contribution in [0.4, 0.5) is 0 Å². The first-order chi connectivity index (χ1) is 14.0. The highest BCUT2D eigenvalue weighted by Crippen LogP contribution is 2.60. The minimum absolute atomic E-state index is 0.0150. The molecule has 29 heavy (non-hydrogen) atoms. The van der Waals surface area contributed by atoms with Crippen LogP contribution in [0.1, 0.15) is 39.5 Å². The molecule has 0 N–H and O–H groups in total. The molecular weight excluding hydrogens is 372 g/mol. The molecule has 1 aromatic heterocycles. The van der Waals surface area contributed by atoms with E-state index in [4.69, 9.17) is 19.2 Å². The highest BCUT2D eigenvalue weighted by atomic mass is 17.3. The lowest BCUT2D eigenvalue weighted by Gasteiger charge is -2.58. The fraction of sp³-hybridized carbons (Fsp3) is 0.636. The van der Waals surface area contributed by atoms with Crippen LogP contribution in [-0.2, 0) is 30.6 Å². The van der Waals surface area contributed by atoms with Crippen molar-refractivity contribution in [2.75, 3.05) is 0 Å². The Morgan fingerprint density at radius 3 is 2.93 bits per heavy atom. The number of nitrogens with zero attached hydrogens (tertiary/aromatic N) is 2. The number of esters is 1. The number of aromatic nitrogens is 2. The van der Waals surface area contributed by atoms with Gasteiger partial charge in [0.2, 0.25) is 12.1 Å². The fourth-order valence-electron chi connectivity index (χ4n) is 6.19. The van der Waals surface area contributed by atoms with Crippen molar-refractivity contribution in [1.29, 1.82) is 0 Å². The number of imidazole rings is 1. The van der Waals surface area contributed by atoms with Gasteiger partial charge in [-0.1, -0.05) is 19.1 Å². The molecular formula is C22H26N2O5. The third kappa shape index (κ3) is 2.41. The quantitative estimate of drug-likeness (QED) is 0.570. The zero-order chi connectivity index (χ0) is 19.8. The second kappa shape index (κ2) is 6.03. The Balaban J connectivity index is 1.41. The molecule has 1 aromatic carbocycles. The van der Waals surface area contributed by atoms with E-state index in [9.17, 15) is 4.79 Å². The fourth-order valence-corrected chi connectivity index (χ4v) is 6.19. The molecule has 4 aliphatic heterocycles. The Kier molecular flexibility index (Phi) is 3.71. The molecule has 1 saturated carbocycles. The van der Waals surface area contributed by atoms with Gasteiger partial charge in [-0.05, 0) is 44.2 Å². The van der Waals surface area contributed by atoms with Crippen LogP contribution in [0, 0.1) is 23.7 Å². The Bertz CT molecular complexity index is 975. The third-order valence-corrected chi connectivity index (χ3v) is 7.71. The molecule has 7 nitrogen and oxygen atoms in total. The van der Waals surface area contributed by atoms with Crippen LogP contribution in [0.15, 0.2) is 30.6 Å². The van der Waals surface area contributed by atoms with E-state index in [1.807, 2.05) is 37.5 Å². The lowest BCUT2D eigenvalue weighted by atomic mass is 9.58. The summed E-state index contributed by atoms with van der Waals surface area (Å²) in [5.41, 5.74) is 1.21. The maximum absolute atomic E-state index is 13.2. The van der Waals surface area contributed by atoms with E-state index in [-0.39, 0.29) is 23.7 Å². The molecule has 1 spiro atoms. The maximum atomic E-state index is 13.2. The molecule has 0 radical (unpaired) electrons. The molecule has 0 unspecified atom stereocenters. The summed E-state index contributed by atoms with van der Waals surface area (Å²) in [4.78, 5) is 29.6. The molecule has 5 aliphatic rings. The predicted molar refractivity (Wildman–Crippen MR) is 102 cm³/mol. The first kappa shape index (κ1) is 17.9. The minimum Gasteiger partial charge on any atom is -0.432 e. The Morgan fingerprint density at radius 2 is 2.03 bits per heavy atom. The van der Waals surface area contributed by atoms with E-state index in [2.05, 4.69) is 16.5 Å². The van der Waals surface area contributed by atoms with E-state index in [0.29, 0.717) is 12.5 Å². The second-order valence-electron chi connectivity index (χ2n) is 9.34. The predicted octanol–water partition coefficient (Wildman–Crippen LogP) is 3.42. The number of carbonyl (C=O) groups excluding carboxylic acids is 1. The monoisotopic (exact) mass is 398 g/mol. The number of rotatable bonds is 2. The Morgan fingerprint density at radius 1 is 1.17 bits per heavy atom. The number of ether oxygens (including phenoxy) is 2. The van der Waals surface area contributed by atoms with Crippen LogP contribution in [0.25, 0.3) is 11.0 Å². The average molecular weight is 398 g/mol. The van der Waals surface area contributed by atoms with E-state index >= 15 is 0 Å². The zero-order valence-corrected chi connectivity index (χ0v) is 16.7. The molecule has 4 saturated heterocycles. The summed E-state index contributed by atoms with van der Waals surface area (Å²) < 4.78 is 14.2. The van der Waals surface area contributed by atoms with Crippen molar-refractivity contribution in [3.8, 4) is 0 Å². The molecule has 5 fully saturated rings. The van der Waals surface area contributed by atoms with Gasteiger partial charge in [-0.3, -0.25) is 4.79 Å². The highest BCUT2D eigenvalue weighted by Gasteiger charge is 2.70. The second-order valence-corrected chi connectivity index (χ2v) is 9.34. The summed E-state index contributed by atoms with van der Waals surface area (Å²) in [7, 11) is 0. The molecule has 0 amide bonds. The Hall–Kier alpha value is -1.96. The number of fused-ring (bicyclic) bond motifs is 3. The lowest BCUT2D eigenvalue weighted by Crippen LogP contribution is -2.70. The topological polar surface area (TPSA) is 71.8 Å². The van der Waals surface area contributed by atoms with Crippen molar-refractivity contribution in [3.05, 3.63) is 30.6 Å². The summed E-state index contributed by atoms with van der Waals surface area (Å²) >= 11 is 0. The van der Waals surface area contributed by atoms with Gasteiger partial charge in [-0.15, -0.1) is 0 Å². The van der Waals surface area contributed by atoms with Gasteiger partial charge in [0.05, 0.1) is 23.3 Å². The van der Waals surface area contributed by atoms with Gasteiger partial charge < -0.3 is 14.0 Å². The number of benzene rings is 1. The average Bonchev–Trinajstić information content (AvgIpc) is 2.98. The van der Waals surface area contributed by atoms with Crippen molar-refractivity contribution in [2.45, 2.75) is 63.8 Å². The largest absolute Gasteiger partial charge is 0.432 e. The van der Waals surface area contributed by atoms with Gasteiger partial charge >= 0.3 is 5.97 Å². The van der Waals surface area contributed by atoms with Crippen LogP contribution in [0.5, 0.6) is 0 Å². The van der Waals surface area contributed by atoms with E-state index in [0.717, 1.165) is 36.7 Å². The molecule has 7 rings (SSSR count). The first-order valence-electron chi connectivity index (χ1n) is 10.7. The van der Waals surface area contributed by atoms with Crippen LogP contribution >= 0.6 is 0 Å². The van der Waals surface area contributed by atoms with Crippen molar-refractivity contribution in [2.24, 2.45) is 23.7 Å². The van der Waals surface area contributed by atoms with Crippen molar-refractivity contribution < 1.29 is 24.0 Å². The van der Waals surface area contributed by atoms with E-state index in [1.54, 1.807) is 0 Å². The maximum Gasteiger partial charge on any atom is 0.313 e. The van der Waals surface area contributed by atoms with E-state index in [1.165, 1.54) is 0 Å². The summed E-state index contributed by atoms with van der Waals surface area (Å²) in [6.07, 6.45) is 4.75. The number of hydrogen-bond donors (Lipinski definition) is 0. The highest BCUT2D eigenvalue weighted by molar-refractivity contribution is 5.77. The number of carbonyl (C=O) groups is 1. The van der Waals surface area contributed by atoms with Gasteiger partial charge in [0.15, 0.2) is 5.60 Å². The van der Waals surface area contributed by atoms with Crippen LogP contribution in [-0.4, -0.2) is 33.2 Å². The van der Waals surface area contributed by atoms with Gasteiger partial charge in [0, 0.05) is 24.8 Å². The standard InChI is InChI=1S/C22H26N2O5/c1-13-7-8-16-14(11-24-12-23-17-5-3-4-6-18(17)24)19(25)26-20-22(16)15(13)9-10-21(2,27-20)28-29-22/h3-6,12-16,20H,7-11H2,1-2H3/t13-,14-,15+,16+,20-,21+,22-/m1/s1.